The van der Waals surface area contributed by atoms with Gasteiger partial charge >= 0.3 is 0 Å². The number of aliphatic hydroxyl groups is 1. The molecule has 0 saturated carbocycles. The van der Waals surface area contributed by atoms with Crippen LogP contribution in [0.25, 0.3) is 10.8 Å². The SMILES string of the molecule is NCCO.Nc1ccc(S(=O)(=O)O)c2cc(S(=O)(=O)O)cc(O)c12. The smallest absolute Gasteiger partial charge is 0.295 e. The number of phenols is 1. The Morgan fingerprint density at radius 1 is 1.00 bits per heavy atom. The number of benzene rings is 2. The summed E-state index contributed by atoms with van der Waals surface area (Å²) in [6.07, 6.45) is 0. The fourth-order valence-corrected chi connectivity index (χ4v) is 3.02. The molecule has 0 heterocycles. The second-order valence-corrected chi connectivity index (χ2v) is 7.29. The van der Waals surface area contributed by atoms with Crippen LogP contribution in [-0.4, -0.2) is 49.3 Å². The molecule has 0 aliphatic carbocycles. The van der Waals surface area contributed by atoms with Crippen LogP contribution in [0.3, 0.4) is 0 Å². The number of phenolic OH excluding ortho intramolecular Hbond substituents is 1. The van der Waals surface area contributed by atoms with E-state index >= 15 is 0 Å². The molecule has 0 saturated heterocycles. The number of hydrogen-bond donors (Lipinski definition) is 6. The van der Waals surface area contributed by atoms with E-state index in [9.17, 15) is 21.9 Å². The van der Waals surface area contributed by atoms with Gasteiger partial charge in [0.05, 0.1) is 11.5 Å². The van der Waals surface area contributed by atoms with Gasteiger partial charge in [0.1, 0.15) is 10.6 Å². The largest absolute Gasteiger partial charge is 0.507 e. The minimum Gasteiger partial charge on any atom is -0.507 e. The summed E-state index contributed by atoms with van der Waals surface area (Å²) in [7, 11) is -9.34. The first-order valence-electron chi connectivity index (χ1n) is 6.24. The lowest BCUT2D eigenvalue weighted by Crippen LogP contribution is -2.03. The molecule has 0 atom stereocenters. The molecule has 0 bridgehead atoms. The monoisotopic (exact) mass is 380 g/mol. The van der Waals surface area contributed by atoms with Gasteiger partial charge in [0.2, 0.25) is 0 Å². The normalized spacial score (nSPS) is 11.8. The molecule has 0 unspecified atom stereocenters. The van der Waals surface area contributed by atoms with Crippen LogP contribution in [0, 0.1) is 0 Å². The maximum Gasteiger partial charge on any atom is 0.295 e. The molecular formula is C12H16N2O8S2. The number of anilines is 1. The van der Waals surface area contributed by atoms with E-state index in [2.05, 4.69) is 0 Å². The number of nitrogen functional groups attached to an aromatic ring is 1. The lowest BCUT2D eigenvalue weighted by atomic mass is 10.1. The number of aromatic hydroxyl groups is 1. The van der Waals surface area contributed by atoms with E-state index in [1.807, 2.05) is 0 Å². The highest BCUT2D eigenvalue weighted by molar-refractivity contribution is 7.86. The standard InChI is InChI=1S/C10H9NO7S2.C2H7NO/c11-7-1-2-9(20(16,17)18)6-3-5(19(13,14)15)4-8(12)10(6)7;3-1-2-4/h1-4,12H,11H2,(H,13,14,15)(H,16,17,18);4H,1-3H2. The van der Waals surface area contributed by atoms with Crippen molar-refractivity contribution in [2.75, 3.05) is 18.9 Å². The molecule has 2 aromatic carbocycles. The van der Waals surface area contributed by atoms with E-state index < -0.39 is 35.8 Å². The maximum absolute atomic E-state index is 11.3. The molecule has 12 heteroatoms. The Balaban J connectivity index is 0.000000648. The third-order valence-corrected chi connectivity index (χ3v) is 4.51. The summed E-state index contributed by atoms with van der Waals surface area (Å²) in [5.41, 5.74) is 10.3. The lowest BCUT2D eigenvalue weighted by molar-refractivity contribution is 0.306. The zero-order valence-electron chi connectivity index (χ0n) is 12.1. The average Bonchev–Trinajstić information content (AvgIpc) is 2.45. The van der Waals surface area contributed by atoms with Crippen molar-refractivity contribution in [3.8, 4) is 5.75 Å². The molecule has 0 aliphatic rings. The summed E-state index contributed by atoms with van der Waals surface area (Å²) in [6, 6.07) is 3.62. The van der Waals surface area contributed by atoms with Crippen LogP contribution in [0.15, 0.2) is 34.1 Å². The van der Waals surface area contributed by atoms with E-state index in [-0.39, 0.29) is 23.1 Å². The van der Waals surface area contributed by atoms with Crippen LogP contribution in [0.2, 0.25) is 0 Å². The molecule has 0 amide bonds. The van der Waals surface area contributed by atoms with E-state index in [1.165, 1.54) is 0 Å². The van der Waals surface area contributed by atoms with Crippen LogP contribution >= 0.6 is 0 Å². The van der Waals surface area contributed by atoms with E-state index in [1.54, 1.807) is 0 Å². The van der Waals surface area contributed by atoms with Gasteiger partial charge in [-0.25, -0.2) is 0 Å². The van der Waals surface area contributed by atoms with Crippen molar-refractivity contribution in [2.24, 2.45) is 5.73 Å². The Bertz CT molecular complexity index is 953. The third-order valence-electron chi connectivity index (χ3n) is 2.76. The zero-order chi connectivity index (χ0) is 18.7. The summed E-state index contributed by atoms with van der Waals surface area (Å²) in [5, 5.41) is 17.0. The molecule has 2 rings (SSSR count). The number of rotatable bonds is 3. The molecule has 0 aliphatic heterocycles. The van der Waals surface area contributed by atoms with Crippen LogP contribution in [0.4, 0.5) is 5.69 Å². The molecule has 0 spiro atoms. The van der Waals surface area contributed by atoms with Gasteiger partial charge in [-0.1, -0.05) is 0 Å². The van der Waals surface area contributed by atoms with Crippen molar-refractivity contribution in [3.63, 3.8) is 0 Å². The fraction of sp³-hybridized carbons (Fsp3) is 0.167. The Morgan fingerprint density at radius 2 is 1.54 bits per heavy atom. The predicted molar refractivity (Wildman–Crippen MR) is 85.8 cm³/mol. The Kier molecular flexibility index (Phi) is 6.10. The summed E-state index contributed by atoms with van der Waals surface area (Å²) < 4.78 is 62.7. The van der Waals surface area contributed by atoms with E-state index in [0.29, 0.717) is 6.54 Å². The lowest BCUT2D eigenvalue weighted by Gasteiger charge is -2.10. The Hall–Kier alpha value is -1.96. The van der Waals surface area contributed by atoms with Gasteiger partial charge in [-0.3, -0.25) is 9.11 Å². The van der Waals surface area contributed by atoms with Gasteiger partial charge < -0.3 is 21.7 Å². The van der Waals surface area contributed by atoms with Gasteiger partial charge in [0, 0.05) is 29.1 Å². The summed E-state index contributed by atoms with van der Waals surface area (Å²) in [5.74, 6) is -0.641. The van der Waals surface area contributed by atoms with Gasteiger partial charge in [-0.15, -0.1) is 0 Å². The summed E-state index contributed by atoms with van der Waals surface area (Å²) in [4.78, 5) is -1.36. The fourth-order valence-electron chi connectivity index (χ4n) is 1.81. The molecule has 134 valence electrons. The molecule has 24 heavy (non-hydrogen) atoms. The number of aliphatic hydroxyl groups excluding tert-OH is 1. The van der Waals surface area contributed by atoms with Gasteiger partial charge in [0.15, 0.2) is 0 Å². The van der Waals surface area contributed by atoms with E-state index in [0.717, 1.165) is 24.3 Å². The first-order chi connectivity index (χ1) is 10.9. The van der Waals surface area contributed by atoms with Gasteiger partial charge in [0.25, 0.3) is 20.2 Å². The van der Waals surface area contributed by atoms with Gasteiger partial charge in [-0.05, 0) is 18.2 Å². The minimum atomic E-state index is -4.67. The molecule has 8 N–H and O–H groups in total. The zero-order valence-corrected chi connectivity index (χ0v) is 13.7. The molecule has 2 aromatic rings. The third kappa shape index (κ3) is 4.53. The minimum absolute atomic E-state index is 0.0215. The maximum atomic E-state index is 11.3. The summed E-state index contributed by atoms with van der Waals surface area (Å²) >= 11 is 0. The molecule has 0 radical (unpaired) electrons. The summed E-state index contributed by atoms with van der Waals surface area (Å²) in [6.45, 7) is 0.472. The topological polar surface area (TPSA) is 201 Å². The van der Waals surface area contributed by atoms with Crippen molar-refractivity contribution in [1.29, 1.82) is 0 Å². The highest BCUT2D eigenvalue weighted by Gasteiger charge is 2.21. The second-order valence-electron chi connectivity index (χ2n) is 4.48. The van der Waals surface area contributed by atoms with Crippen LogP contribution < -0.4 is 11.5 Å². The highest BCUT2D eigenvalue weighted by Crippen LogP contribution is 2.36. The van der Waals surface area contributed by atoms with Gasteiger partial charge in [-0.2, -0.15) is 16.8 Å². The van der Waals surface area contributed by atoms with Crippen LogP contribution in [-0.2, 0) is 20.2 Å². The predicted octanol–water partition coefficient (Wildman–Crippen LogP) is -0.442. The van der Waals surface area contributed by atoms with Crippen molar-refractivity contribution < 1.29 is 36.2 Å². The average molecular weight is 380 g/mol. The Morgan fingerprint density at radius 3 is 1.96 bits per heavy atom. The van der Waals surface area contributed by atoms with Crippen LogP contribution in [0.1, 0.15) is 0 Å². The first kappa shape index (κ1) is 20.1. The van der Waals surface area contributed by atoms with E-state index in [4.69, 9.17) is 25.7 Å². The Labute approximate surface area is 137 Å². The number of hydrogen-bond acceptors (Lipinski definition) is 8. The van der Waals surface area contributed by atoms with Crippen molar-refractivity contribution in [1.82, 2.24) is 0 Å². The number of fused-ring (bicyclic) bond motifs is 1. The van der Waals surface area contributed by atoms with Crippen molar-refractivity contribution in [2.45, 2.75) is 9.79 Å². The second kappa shape index (κ2) is 7.29. The molecule has 0 fully saturated rings. The number of nitrogens with two attached hydrogens (primary N) is 2. The molecule has 10 nitrogen and oxygen atoms in total. The highest BCUT2D eigenvalue weighted by atomic mass is 32.2. The first-order valence-corrected chi connectivity index (χ1v) is 9.12. The molecular weight excluding hydrogens is 364 g/mol. The van der Waals surface area contributed by atoms with Crippen molar-refractivity contribution >= 4 is 36.7 Å². The van der Waals surface area contributed by atoms with Crippen LogP contribution in [0.5, 0.6) is 5.75 Å². The van der Waals surface area contributed by atoms with Crippen molar-refractivity contribution in [3.05, 3.63) is 24.3 Å². The molecule has 0 aromatic heterocycles. The quantitative estimate of drug-likeness (QED) is 0.299.